The minimum absolute atomic E-state index is 0.133. The monoisotopic (exact) mass is 319 g/mol. The molecule has 0 radical (unpaired) electrons. The van der Waals surface area contributed by atoms with Crippen molar-refractivity contribution in [1.29, 1.82) is 0 Å². The number of hydrogen-bond donors (Lipinski definition) is 1. The van der Waals surface area contributed by atoms with Crippen LogP contribution in [-0.2, 0) is 0 Å². The van der Waals surface area contributed by atoms with Crippen LogP contribution >= 0.6 is 0 Å². The zero-order chi connectivity index (χ0) is 17.4. The van der Waals surface area contributed by atoms with Gasteiger partial charge < -0.3 is 5.73 Å². The summed E-state index contributed by atoms with van der Waals surface area (Å²) >= 11 is 0. The van der Waals surface area contributed by atoms with Gasteiger partial charge in [0.05, 0.1) is 0 Å². The summed E-state index contributed by atoms with van der Waals surface area (Å²) in [6, 6.07) is 9.28. The first-order valence-electron chi connectivity index (χ1n) is 9.19. The molecule has 1 saturated heterocycles. The summed E-state index contributed by atoms with van der Waals surface area (Å²) in [4.78, 5) is 0. The van der Waals surface area contributed by atoms with Crippen molar-refractivity contribution >= 4 is 17.7 Å². The van der Waals surface area contributed by atoms with E-state index in [4.69, 9.17) is 5.73 Å². The van der Waals surface area contributed by atoms with E-state index in [0.29, 0.717) is 17.5 Å². The Balaban J connectivity index is 1.88. The van der Waals surface area contributed by atoms with Gasteiger partial charge in [-0.25, -0.2) is 0 Å². The minimum Gasteiger partial charge on any atom is -0.324 e. The molecule has 1 atom stereocenters. The van der Waals surface area contributed by atoms with Gasteiger partial charge in [0, 0.05) is 6.04 Å². The standard InChI is InChI=1S/C22H30BN/c1-21(2)15-23(16-22(21,3)4)19-11-5-10-18(14-19)17-8-6-12-20(24)13-7-9-17/h5-12,14,20H,13,15-16,24H2,1-4H3/b9-7?,12-6+,17-8?. The molecular weight excluding hydrogens is 289 g/mol. The maximum atomic E-state index is 5.98. The van der Waals surface area contributed by atoms with Crippen LogP contribution in [-0.4, -0.2) is 12.8 Å². The van der Waals surface area contributed by atoms with Gasteiger partial charge in [-0.3, -0.25) is 0 Å². The molecule has 1 aliphatic carbocycles. The molecule has 2 aliphatic rings. The highest BCUT2D eigenvalue weighted by atomic mass is 14.6. The molecule has 2 heteroatoms. The predicted molar refractivity (Wildman–Crippen MR) is 108 cm³/mol. The topological polar surface area (TPSA) is 26.0 Å². The van der Waals surface area contributed by atoms with Gasteiger partial charge in [0.2, 0.25) is 0 Å². The Hall–Kier alpha value is -1.54. The maximum Gasteiger partial charge on any atom is 0.176 e. The molecule has 0 saturated carbocycles. The lowest BCUT2D eigenvalue weighted by Crippen LogP contribution is -2.28. The SMILES string of the molecule is CC1(C)CB(c2cccc(C3=C/C=C/C(N)CC=C3)c2)CC1(C)C. The second-order valence-electron chi connectivity index (χ2n) is 8.81. The summed E-state index contributed by atoms with van der Waals surface area (Å²) in [6.45, 7) is 10.4. The fourth-order valence-electron chi connectivity index (χ4n) is 4.05. The van der Waals surface area contributed by atoms with E-state index in [0.717, 1.165) is 6.42 Å². The Kier molecular flexibility index (Phi) is 4.61. The second-order valence-corrected chi connectivity index (χ2v) is 8.81. The molecular formula is C22H30BN. The van der Waals surface area contributed by atoms with Crippen molar-refractivity contribution in [3.05, 3.63) is 60.2 Å². The third-order valence-electron chi connectivity index (χ3n) is 6.38. The van der Waals surface area contributed by atoms with Crippen molar-refractivity contribution in [3.63, 3.8) is 0 Å². The van der Waals surface area contributed by atoms with Crippen LogP contribution in [0.15, 0.2) is 54.6 Å². The molecule has 1 aliphatic heterocycles. The van der Waals surface area contributed by atoms with Crippen molar-refractivity contribution < 1.29 is 0 Å². The lowest BCUT2D eigenvalue weighted by molar-refractivity contribution is 0.177. The largest absolute Gasteiger partial charge is 0.324 e. The first-order valence-corrected chi connectivity index (χ1v) is 9.19. The third-order valence-corrected chi connectivity index (χ3v) is 6.38. The molecule has 2 N–H and O–H groups in total. The predicted octanol–water partition coefficient (Wildman–Crippen LogP) is 4.68. The van der Waals surface area contributed by atoms with E-state index >= 15 is 0 Å². The van der Waals surface area contributed by atoms with Crippen LogP contribution in [0.2, 0.25) is 12.6 Å². The molecule has 1 aromatic carbocycles. The van der Waals surface area contributed by atoms with Crippen molar-refractivity contribution in [3.8, 4) is 0 Å². The number of rotatable bonds is 2. The van der Waals surface area contributed by atoms with Crippen LogP contribution in [0.5, 0.6) is 0 Å². The van der Waals surface area contributed by atoms with Crippen LogP contribution < -0.4 is 11.2 Å². The molecule has 1 nitrogen and oxygen atoms in total. The van der Waals surface area contributed by atoms with E-state index in [1.165, 1.54) is 29.2 Å². The molecule has 1 fully saturated rings. The molecule has 1 unspecified atom stereocenters. The summed E-state index contributed by atoms with van der Waals surface area (Å²) in [7, 11) is 0. The fourth-order valence-corrected chi connectivity index (χ4v) is 4.05. The van der Waals surface area contributed by atoms with Crippen molar-refractivity contribution in [2.24, 2.45) is 16.6 Å². The lowest BCUT2D eigenvalue weighted by Gasteiger charge is -2.35. The summed E-state index contributed by atoms with van der Waals surface area (Å²) in [6.07, 6.45) is 14.2. The number of nitrogens with two attached hydrogens (primary N) is 1. The maximum absolute atomic E-state index is 5.98. The van der Waals surface area contributed by atoms with Gasteiger partial charge in [0.1, 0.15) is 0 Å². The average Bonchev–Trinajstić information content (AvgIpc) is 2.71. The van der Waals surface area contributed by atoms with Crippen LogP contribution in [0.4, 0.5) is 0 Å². The second kappa shape index (κ2) is 6.40. The van der Waals surface area contributed by atoms with Gasteiger partial charge in [-0.05, 0) is 28.4 Å². The average molecular weight is 319 g/mol. The van der Waals surface area contributed by atoms with E-state index in [2.05, 4.69) is 82.3 Å². The smallest absolute Gasteiger partial charge is 0.176 e. The molecule has 0 spiro atoms. The molecule has 1 heterocycles. The summed E-state index contributed by atoms with van der Waals surface area (Å²) in [5, 5.41) is 0. The Morgan fingerprint density at radius 2 is 1.79 bits per heavy atom. The van der Waals surface area contributed by atoms with Gasteiger partial charge in [-0.1, -0.05) is 100 Å². The quantitative estimate of drug-likeness (QED) is 0.787. The van der Waals surface area contributed by atoms with Gasteiger partial charge in [-0.15, -0.1) is 0 Å². The third kappa shape index (κ3) is 3.44. The molecule has 0 bridgehead atoms. The zero-order valence-corrected chi connectivity index (χ0v) is 15.5. The molecule has 0 aromatic heterocycles. The Morgan fingerprint density at radius 3 is 2.50 bits per heavy atom. The number of allylic oxidation sites excluding steroid dienone is 4. The van der Waals surface area contributed by atoms with E-state index < -0.39 is 0 Å². The highest BCUT2D eigenvalue weighted by Gasteiger charge is 2.47. The van der Waals surface area contributed by atoms with Crippen LogP contribution in [0, 0.1) is 10.8 Å². The highest BCUT2D eigenvalue weighted by Crippen LogP contribution is 2.52. The molecule has 0 amide bonds. The van der Waals surface area contributed by atoms with E-state index in [-0.39, 0.29) is 6.04 Å². The summed E-state index contributed by atoms with van der Waals surface area (Å²) in [5.74, 6) is 0. The molecule has 3 rings (SSSR count). The number of benzene rings is 1. The molecule has 126 valence electrons. The summed E-state index contributed by atoms with van der Waals surface area (Å²) < 4.78 is 0. The van der Waals surface area contributed by atoms with Gasteiger partial charge in [0.25, 0.3) is 0 Å². The lowest BCUT2D eigenvalue weighted by atomic mass is 9.42. The van der Waals surface area contributed by atoms with E-state index in [1.807, 2.05) is 0 Å². The van der Waals surface area contributed by atoms with E-state index in [9.17, 15) is 0 Å². The summed E-state index contributed by atoms with van der Waals surface area (Å²) in [5.41, 5.74) is 10.8. The normalized spacial score (nSPS) is 26.6. The van der Waals surface area contributed by atoms with Gasteiger partial charge >= 0.3 is 0 Å². The Labute approximate surface area is 147 Å². The van der Waals surface area contributed by atoms with Gasteiger partial charge in [0.15, 0.2) is 6.71 Å². The minimum atomic E-state index is 0.133. The van der Waals surface area contributed by atoms with Crippen LogP contribution in [0.1, 0.15) is 39.7 Å². The van der Waals surface area contributed by atoms with Crippen molar-refractivity contribution in [1.82, 2.24) is 0 Å². The van der Waals surface area contributed by atoms with Crippen molar-refractivity contribution in [2.75, 3.05) is 0 Å². The Morgan fingerprint density at radius 1 is 1.08 bits per heavy atom. The molecule has 1 aromatic rings. The zero-order valence-electron chi connectivity index (χ0n) is 15.5. The fraction of sp³-hybridized carbons (Fsp3) is 0.455. The van der Waals surface area contributed by atoms with Gasteiger partial charge in [-0.2, -0.15) is 0 Å². The first kappa shape index (κ1) is 17.3. The first-order chi connectivity index (χ1) is 11.3. The van der Waals surface area contributed by atoms with Crippen LogP contribution in [0.3, 0.4) is 0 Å². The van der Waals surface area contributed by atoms with E-state index in [1.54, 1.807) is 0 Å². The van der Waals surface area contributed by atoms with Crippen molar-refractivity contribution in [2.45, 2.75) is 52.8 Å². The Bertz CT molecular complexity index is 678. The van der Waals surface area contributed by atoms with Crippen LogP contribution in [0.25, 0.3) is 5.57 Å². The number of hydrogen-bond acceptors (Lipinski definition) is 1. The molecule has 24 heavy (non-hydrogen) atoms. The highest BCUT2D eigenvalue weighted by molar-refractivity contribution is 6.74.